The van der Waals surface area contributed by atoms with E-state index in [1.54, 1.807) is 0 Å². The lowest BCUT2D eigenvalue weighted by Crippen LogP contribution is -2.23. The van der Waals surface area contributed by atoms with E-state index in [9.17, 15) is 0 Å². The summed E-state index contributed by atoms with van der Waals surface area (Å²) >= 11 is 0. The third-order valence-corrected chi connectivity index (χ3v) is 3.32. The van der Waals surface area contributed by atoms with Crippen LogP contribution in [0.3, 0.4) is 0 Å². The van der Waals surface area contributed by atoms with Gasteiger partial charge in [-0.25, -0.2) is 0 Å². The minimum atomic E-state index is 0.383. The number of aliphatic imine (C=N–C) groups is 1. The predicted octanol–water partition coefficient (Wildman–Crippen LogP) is 2.75. The number of rotatable bonds is 2. The van der Waals surface area contributed by atoms with Crippen LogP contribution in [0.5, 0.6) is 0 Å². The smallest absolute Gasteiger partial charge is 0.0947 e. The van der Waals surface area contributed by atoms with Crippen molar-refractivity contribution >= 4 is 5.84 Å². The second kappa shape index (κ2) is 4.52. The first kappa shape index (κ1) is 10.9. The summed E-state index contributed by atoms with van der Waals surface area (Å²) in [6, 6.07) is 0.383. The molecule has 1 saturated carbocycles. The van der Waals surface area contributed by atoms with Crippen LogP contribution in [0.1, 0.15) is 19.3 Å². The molecule has 2 nitrogen and oxygen atoms in total. The van der Waals surface area contributed by atoms with Crippen molar-refractivity contribution in [2.45, 2.75) is 25.3 Å². The molecule has 0 radical (unpaired) electrons. The van der Waals surface area contributed by atoms with E-state index in [4.69, 9.17) is 5.73 Å². The summed E-state index contributed by atoms with van der Waals surface area (Å²) in [4.78, 5) is 4.50. The van der Waals surface area contributed by atoms with Crippen LogP contribution in [-0.4, -0.2) is 11.9 Å². The SMILES string of the molecule is C=C/C=C1/CCC2N=C(N)CC2/C1=C/C=C. The van der Waals surface area contributed by atoms with E-state index in [1.807, 2.05) is 12.2 Å². The first-order valence-electron chi connectivity index (χ1n) is 5.73. The molecule has 1 heterocycles. The van der Waals surface area contributed by atoms with Crippen molar-refractivity contribution in [3.8, 4) is 0 Å². The molecule has 0 amide bonds. The maximum Gasteiger partial charge on any atom is 0.0947 e. The lowest BCUT2D eigenvalue weighted by atomic mass is 9.77. The summed E-state index contributed by atoms with van der Waals surface area (Å²) in [6.45, 7) is 7.55. The van der Waals surface area contributed by atoms with Crippen LogP contribution in [0.4, 0.5) is 0 Å². The zero-order chi connectivity index (χ0) is 11.5. The van der Waals surface area contributed by atoms with E-state index in [-0.39, 0.29) is 0 Å². The van der Waals surface area contributed by atoms with E-state index in [1.165, 1.54) is 11.1 Å². The van der Waals surface area contributed by atoms with Crippen LogP contribution in [0.15, 0.2) is 53.6 Å². The minimum Gasteiger partial charge on any atom is -0.387 e. The molecule has 0 bridgehead atoms. The van der Waals surface area contributed by atoms with E-state index in [0.717, 1.165) is 25.1 Å². The van der Waals surface area contributed by atoms with Gasteiger partial charge in [0.15, 0.2) is 0 Å². The highest BCUT2D eigenvalue weighted by molar-refractivity contribution is 5.83. The fraction of sp³-hybridized carbons (Fsp3) is 0.357. The number of hydrogen-bond donors (Lipinski definition) is 1. The molecule has 1 aliphatic carbocycles. The number of nitrogens with two attached hydrogens (primary N) is 1. The van der Waals surface area contributed by atoms with Crippen molar-refractivity contribution in [2.75, 3.05) is 0 Å². The van der Waals surface area contributed by atoms with Crippen LogP contribution in [0, 0.1) is 5.92 Å². The zero-order valence-electron chi connectivity index (χ0n) is 9.52. The molecule has 0 saturated heterocycles. The molecule has 2 N–H and O–H groups in total. The summed E-state index contributed by atoms with van der Waals surface area (Å²) in [5, 5.41) is 0. The van der Waals surface area contributed by atoms with Crippen molar-refractivity contribution in [3.63, 3.8) is 0 Å². The maximum absolute atomic E-state index is 5.83. The summed E-state index contributed by atoms with van der Waals surface area (Å²) in [7, 11) is 0. The van der Waals surface area contributed by atoms with E-state index < -0.39 is 0 Å². The number of fused-ring (bicyclic) bond motifs is 1. The fourth-order valence-corrected chi connectivity index (χ4v) is 2.67. The highest BCUT2D eigenvalue weighted by Gasteiger charge is 2.35. The van der Waals surface area contributed by atoms with Crippen LogP contribution < -0.4 is 5.73 Å². The van der Waals surface area contributed by atoms with Gasteiger partial charge in [0, 0.05) is 12.3 Å². The van der Waals surface area contributed by atoms with Crippen molar-refractivity contribution in [2.24, 2.45) is 16.6 Å². The summed E-state index contributed by atoms with van der Waals surface area (Å²) in [5.41, 5.74) is 8.53. The predicted molar refractivity (Wildman–Crippen MR) is 69.3 cm³/mol. The molecule has 2 aliphatic rings. The van der Waals surface area contributed by atoms with Crippen LogP contribution in [-0.2, 0) is 0 Å². The van der Waals surface area contributed by atoms with Gasteiger partial charge in [-0.2, -0.15) is 0 Å². The topological polar surface area (TPSA) is 38.4 Å². The Hall–Kier alpha value is -1.57. The van der Waals surface area contributed by atoms with Crippen LogP contribution in [0.25, 0.3) is 0 Å². The molecule has 0 aromatic heterocycles. The molecule has 0 aromatic carbocycles. The molecule has 2 atom stereocenters. The highest BCUT2D eigenvalue weighted by Crippen LogP contribution is 2.40. The van der Waals surface area contributed by atoms with E-state index >= 15 is 0 Å². The molecule has 0 aromatic rings. The van der Waals surface area contributed by atoms with Gasteiger partial charge in [-0.3, -0.25) is 4.99 Å². The minimum absolute atomic E-state index is 0.383. The third kappa shape index (κ3) is 1.87. The van der Waals surface area contributed by atoms with Crippen molar-refractivity contribution in [1.82, 2.24) is 0 Å². The molecule has 0 spiro atoms. The van der Waals surface area contributed by atoms with Crippen LogP contribution >= 0.6 is 0 Å². The van der Waals surface area contributed by atoms with Crippen molar-refractivity contribution < 1.29 is 0 Å². The lowest BCUT2D eigenvalue weighted by Gasteiger charge is -2.29. The van der Waals surface area contributed by atoms with Gasteiger partial charge in [-0.05, 0) is 24.0 Å². The monoisotopic (exact) mass is 214 g/mol. The summed E-state index contributed by atoms with van der Waals surface area (Å²) < 4.78 is 0. The van der Waals surface area contributed by atoms with E-state index in [0.29, 0.717) is 12.0 Å². The Morgan fingerprint density at radius 3 is 2.69 bits per heavy atom. The van der Waals surface area contributed by atoms with Gasteiger partial charge in [0.05, 0.1) is 11.9 Å². The molecule has 2 rings (SSSR count). The number of allylic oxidation sites excluding steroid dienone is 5. The second-order valence-electron chi connectivity index (χ2n) is 4.32. The lowest BCUT2D eigenvalue weighted by molar-refractivity contribution is 0.465. The quantitative estimate of drug-likeness (QED) is 0.754. The Morgan fingerprint density at radius 1 is 1.25 bits per heavy atom. The Bertz CT molecular complexity index is 399. The van der Waals surface area contributed by atoms with Gasteiger partial charge in [-0.15, -0.1) is 0 Å². The standard InChI is InChI=1S/C14H18N2/c1-3-5-10-7-8-13-12(9-14(15)16-13)11(10)6-4-2/h3-6,12-13H,1-2,7-9H2,(H2,15,16)/b10-5-,11-6+. The number of amidine groups is 1. The Balaban J connectivity index is 2.32. The van der Waals surface area contributed by atoms with Gasteiger partial charge in [0.25, 0.3) is 0 Å². The van der Waals surface area contributed by atoms with Gasteiger partial charge in [0.2, 0.25) is 0 Å². The van der Waals surface area contributed by atoms with Crippen LogP contribution in [0.2, 0.25) is 0 Å². The Kier molecular flexibility index (Phi) is 3.09. The summed E-state index contributed by atoms with van der Waals surface area (Å²) in [5.74, 6) is 1.25. The highest BCUT2D eigenvalue weighted by atomic mass is 14.9. The maximum atomic E-state index is 5.83. The van der Waals surface area contributed by atoms with Crippen molar-refractivity contribution in [3.05, 3.63) is 48.6 Å². The van der Waals surface area contributed by atoms with Gasteiger partial charge in [0.1, 0.15) is 0 Å². The second-order valence-corrected chi connectivity index (χ2v) is 4.32. The molecule has 84 valence electrons. The van der Waals surface area contributed by atoms with Gasteiger partial charge in [-0.1, -0.05) is 37.5 Å². The zero-order valence-corrected chi connectivity index (χ0v) is 9.52. The Labute approximate surface area is 96.9 Å². The first-order valence-corrected chi connectivity index (χ1v) is 5.73. The van der Waals surface area contributed by atoms with Gasteiger partial charge < -0.3 is 5.73 Å². The van der Waals surface area contributed by atoms with E-state index in [2.05, 4.69) is 30.3 Å². The molecule has 1 aliphatic heterocycles. The normalized spacial score (nSPS) is 33.6. The largest absolute Gasteiger partial charge is 0.387 e. The molecular formula is C14H18N2. The fourth-order valence-electron chi connectivity index (χ4n) is 2.67. The first-order chi connectivity index (χ1) is 7.76. The average Bonchev–Trinajstić information content (AvgIpc) is 2.63. The Morgan fingerprint density at radius 2 is 2.00 bits per heavy atom. The number of hydrogen-bond acceptors (Lipinski definition) is 2. The summed E-state index contributed by atoms with van der Waals surface area (Å²) in [6.07, 6.45) is 10.9. The third-order valence-electron chi connectivity index (χ3n) is 3.32. The molecule has 2 heteroatoms. The molecular weight excluding hydrogens is 196 g/mol. The molecule has 16 heavy (non-hydrogen) atoms. The molecule has 1 fully saturated rings. The average molecular weight is 214 g/mol. The number of nitrogens with zero attached hydrogens (tertiary/aromatic N) is 1. The van der Waals surface area contributed by atoms with Gasteiger partial charge >= 0.3 is 0 Å². The van der Waals surface area contributed by atoms with Crippen molar-refractivity contribution in [1.29, 1.82) is 0 Å². The molecule has 2 unspecified atom stereocenters.